The summed E-state index contributed by atoms with van der Waals surface area (Å²) in [5.74, 6) is 0.651. The number of amides is 1. The van der Waals surface area contributed by atoms with Crippen LogP contribution in [-0.2, 0) is 6.54 Å². The zero-order valence-electron chi connectivity index (χ0n) is 16.6. The topological polar surface area (TPSA) is 60.2 Å². The van der Waals surface area contributed by atoms with Gasteiger partial charge in [-0.25, -0.2) is 4.98 Å². The molecule has 1 amide bonds. The van der Waals surface area contributed by atoms with Crippen LogP contribution in [-0.4, -0.2) is 27.8 Å². The largest absolute Gasteiger partial charge is 0.497 e. The van der Waals surface area contributed by atoms with Gasteiger partial charge < -0.3 is 4.74 Å². The molecular weight excluding hydrogens is 384 g/mol. The third kappa shape index (κ3) is 3.86. The maximum absolute atomic E-state index is 13.5. The maximum atomic E-state index is 13.5. The van der Waals surface area contributed by atoms with Crippen molar-refractivity contribution in [2.24, 2.45) is 0 Å². The number of anilines is 1. The summed E-state index contributed by atoms with van der Waals surface area (Å²) < 4.78 is 8.04. The molecule has 2 aromatic heterocycles. The number of carbonyl (C=O) groups is 1. The summed E-state index contributed by atoms with van der Waals surface area (Å²) >= 11 is 1.48. The standard InChI is InChI=1S/C22H22N4O2S/c1-15(2)26-19(11-12-23-26)21(27)25(14-16-7-5-4-6-8-16)22-24-18-10-9-17(28-3)13-20(18)29-22/h4-13,15H,14H2,1-3H3. The minimum Gasteiger partial charge on any atom is -0.497 e. The average molecular weight is 407 g/mol. The number of thiazole rings is 1. The molecular formula is C22H22N4O2S. The van der Waals surface area contributed by atoms with Gasteiger partial charge in [0.05, 0.1) is 23.9 Å². The van der Waals surface area contributed by atoms with Gasteiger partial charge in [0.1, 0.15) is 11.4 Å². The fraction of sp³-hybridized carbons (Fsp3) is 0.227. The van der Waals surface area contributed by atoms with Gasteiger partial charge in [0.2, 0.25) is 0 Å². The molecule has 0 bridgehead atoms. The number of nitrogens with zero attached hydrogens (tertiary/aromatic N) is 4. The van der Waals surface area contributed by atoms with Crippen molar-refractivity contribution in [3.05, 3.63) is 72.1 Å². The summed E-state index contributed by atoms with van der Waals surface area (Å²) in [7, 11) is 1.64. The second kappa shape index (κ2) is 8.05. The highest BCUT2D eigenvalue weighted by molar-refractivity contribution is 7.22. The Bertz CT molecular complexity index is 1130. The number of fused-ring (bicyclic) bond motifs is 1. The van der Waals surface area contributed by atoms with E-state index in [9.17, 15) is 4.79 Å². The van der Waals surface area contributed by atoms with Gasteiger partial charge in [0, 0.05) is 12.2 Å². The van der Waals surface area contributed by atoms with E-state index < -0.39 is 0 Å². The number of ether oxygens (including phenoxy) is 1. The normalized spacial score (nSPS) is 11.2. The number of aromatic nitrogens is 3. The molecule has 0 unspecified atom stereocenters. The predicted molar refractivity (Wildman–Crippen MR) is 116 cm³/mol. The fourth-order valence-corrected chi connectivity index (χ4v) is 4.15. The van der Waals surface area contributed by atoms with Crippen molar-refractivity contribution < 1.29 is 9.53 Å². The molecule has 4 rings (SSSR count). The van der Waals surface area contributed by atoms with E-state index in [1.165, 1.54) is 11.3 Å². The Labute approximate surface area is 173 Å². The lowest BCUT2D eigenvalue weighted by molar-refractivity contribution is 0.0973. The summed E-state index contributed by atoms with van der Waals surface area (Å²) in [6.07, 6.45) is 1.66. The molecule has 0 fully saturated rings. The number of benzene rings is 2. The minimum absolute atomic E-state index is 0.0853. The minimum atomic E-state index is -0.119. The van der Waals surface area contributed by atoms with E-state index in [2.05, 4.69) is 5.10 Å². The van der Waals surface area contributed by atoms with Crippen LogP contribution >= 0.6 is 11.3 Å². The average Bonchev–Trinajstić information content (AvgIpc) is 3.38. The van der Waals surface area contributed by atoms with Crippen LogP contribution in [0.5, 0.6) is 5.75 Å². The summed E-state index contributed by atoms with van der Waals surface area (Å²) in [5.41, 5.74) is 2.43. The Kier molecular flexibility index (Phi) is 5.31. The second-order valence-electron chi connectivity index (χ2n) is 6.96. The Morgan fingerprint density at radius 2 is 1.97 bits per heavy atom. The van der Waals surface area contributed by atoms with Crippen LogP contribution in [0.2, 0.25) is 0 Å². The molecule has 6 nitrogen and oxygen atoms in total. The lowest BCUT2D eigenvalue weighted by Crippen LogP contribution is -2.32. The molecule has 0 aliphatic rings. The number of hydrogen-bond acceptors (Lipinski definition) is 5. The van der Waals surface area contributed by atoms with Crippen molar-refractivity contribution in [1.82, 2.24) is 14.8 Å². The third-order valence-corrected chi connectivity index (χ3v) is 5.66. The molecule has 2 heterocycles. The molecule has 0 atom stereocenters. The molecule has 0 spiro atoms. The Balaban J connectivity index is 1.78. The predicted octanol–water partition coefficient (Wildman–Crippen LogP) is 4.93. The quantitative estimate of drug-likeness (QED) is 0.456. The molecule has 29 heavy (non-hydrogen) atoms. The lowest BCUT2D eigenvalue weighted by atomic mass is 10.2. The highest BCUT2D eigenvalue weighted by Crippen LogP contribution is 2.33. The van der Waals surface area contributed by atoms with Crippen LogP contribution in [0.4, 0.5) is 5.13 Å². The first-order valence-electron chi connectivity index (χ1n) is 9.40. The number of carbonyl (C=O) groups excluding carboxylic acids is 1. The highest BCUT2D eigenvalue weighted by atomic mass is 32.1. The smallest absolute Gasteiger partial charge is 0.278 e. The van der Waals surface area contributed by atoms with Gasteiger partial charge in [-0.3, -0.25) is 14.4 Å². The monoisotopic (exact) mass is 406 g/mol. The van der Waals surface area contributed by atoms with Crippen LogP contribution in [0, 0.1) is 0 Å². The van der Waals surface area contributed by atoms with E-state index in [1.54, 1.807) is 29.0 Å². The molecule has 7 heteroatoms. The first kappa shape index (κ1) is 19.1. The first-order chi connectivity index (χ1) is 14.1. The van der Waals surface area contributed by atoms with Gasteiger partial charge >= 0.3 is 0 Å². The van der Waals surface area contributed by atoms with Crippen molar-refractivity contribution >= 4 is 32.6 Å². The molecule has 0 saturated heterocycles. The molecule has 0 aliphatic carbocycles. The van der Waals surface area contributed by atoms with Gasteiger partial charge in [-0.15, -0.1) is 0 Å². The van der Waals surface area contributed by atoms with Crippen molar-refractivity contribution in [2.45, 2.75) is 26.4 Å². The molecule has 2 aromatic carbocycles. The van der Waals surface area contributed by atoms with Crippen LogP contribution in [0.3, 0.4) is 0 Å². The van der Waals surface area contributed by atoms with Gasteiger partial charge in [-0.1, -0.05) is 41.7 Å². The van der Waals surface area contributed by atoms with Gasteiger partial charge in [-0.05, 0) is 43.7 Å². The molecule has 0 N–H and O–H groups in total. The van der Waals surface area contributed by atoms with E-state index in [4.69, 9.17) is 9.72 Å². The second-order valence-corrected chi connectivity index (χ2v) is 7.97. The van der Waals surface area contributed by atoms with E-state index in [1.807, 2.05) is 62.4 Å². The number of hydrogen-bond donors (Lipinski definition) is 0. The van der Waals surface area contributed by atoms with Crippen LogP contribution in [0.25, 0.3) is 10.2 Å². The van der Waals surface area contributed by atoms with Crippen molar-refractivity contribution in [2.75, 3.05) is 12.0 Å². The van der Waals surface area contributed by atoms with Crippen molar-refractivity contribution in [3.63, 3.8) is 0 Å². The van der Waals surface area contributed by atoms with Gasteiger partial charge in [-0.2, -0.15) is 5.10 Å². The first-order valence-corrected chi connectivity index (χ1v) is 10.2. The third-order valence-electron chi connectivity index (χ3n) is 4.62. The molecule has 0 radical (unpaired) electrons. The van der Waals surface area contributed by atoms with Crippen LogP contribution < -0.4 is 9.64 Å². The van der Waals surface area contributed by atoms with E-state index in [0.717, 1.165) is 21.5 Å². The van der Waals surface area contributed by atoms with E-state index in [-0.39, 0.29) is 11.9 Å². The van der Waals surface area contributed by atoms with E-state index in [0.29, 0.717) is 17.4 Å². The SMILES string of the molecule is COc1ccc2nc(N(Cc3ccccc3)C(=O)c3ccnn3C(C)C)sc2c1. The molecule has 4 aromatic rings. The van der Waals surface area contributed by atoms with Crippen LogP contribution in [0.1, 0.15) is 35.9 Å². The highest BCUT2D eigenvalue weighted by Gasteiger charge is 2.25. The van der Waals surface area contributed by atoms with Crippen LogP contribution in [0.15, 0.2) is 60.8 Å². The van der Waals surface area contributed by atoms with Crippen molar-refractivity contribution in [3.8, 4) is 5.75 Å². The summed E-state index contributed by atoms with van der Waals surface area (Å²) in [6, 6.07) is 17.5. The zero-order chi connectivity index (χ0) is 20.4. The Morgan fingerprint density at radius 3 is 2.69 bits per heavy atom. The number of rotatable bonds is 6. The molecule has 0 saturated carbocycles. The number of methoxy groups -OCH3 is 1. The molecule has 0 aliphatic heterocycles. The van der Waals surface area contributed by atoms with Gasteiger partial charge in [0.25, 0.3) is 5.91 Å². The van der Waals surface area contributed by atoms with E-state index >= 15 is 0 Å². The Hall–Kier alpha value is -3.19. The summed E-state index contributed by atoms with van der Waals surface area (Å²) in [5, 5.41) is 4.97. The van der Waals surface area contributed by atoms with Gasteiger partial charge in [0.15, 0.2) is 5.13 Å². The lowest BCUT2D eigenvalue weighted by Gasteiger charge is -2.21. The zero-order valence-corrected chi connectivity index (χ0v) is 17.4. The summed E-state index contributed by atoms with van der Waals surface area (Å²) in [6.45, 7) is 4.45. The summed E-state index contributed by atoms with van der Waals surface area (Å²) in [4.78, 5) is 20.0. The Morgan fingerprint density at radius 1 is 1.17 bits per heavy atom. The van der Waals surface area contributed by atoms with Crippen molar-refractivity contribution in [1.29, 1.82) is 0 Å². The fourth-order valence-electron chi connectivity index (χ4n) is 3.16. The maximum Gasteiger partial charge on any atom is 0.278 e. The molecule has 148 valence electrons.